The highest BCUT2D eigenvalue weighted by atomic mass is 35.5. The lowest BCUT2D eigenvalue weighted by molar-refractivity contribution is 0.512. The van der Waals surface area contributed by atoms with Gasteiger partial charge in [-0.05, 0) is 42.4 Å². The fraction of sp³-hybridized carbons (Fsp3) is 0.533. The predicted molar refractivity (Wildman–Crippen MR) is 83.2 cm³/mol. The summed E-state index contributed by atoms with van der Waals surface area (Å²) in [6, 6.07) is 9.06. The Bertz CT molecular complexity index is 622. The van der Waals surface area contributed by atoms with Crippen LogP contribution in [0.15, 0.2) is 24.3 Å². The van der Waals surface area contributed by atoms with Crippen molar-refractivity contribution in [1.82, 2.24) is 4.72 Å². The molecule has 6 heteroatoms. The van der Waals surface area contributed by atoms with Crippen LogP contribution in [0.1, 0.15) is 37.8 Å². The first kappa shape index (κ1) is 16.3. The summed E-state index contributed by atoms with van der Waals surface area (Å²) in [5.74, 6) is 0.843. The average molecular weight is 327 g/mol. The number of hydrogen-bond donors (Lipinski definition) is 1. The minimum atomic E-state index is -3.37. The molecular weight excluding hydrogens is 308 g/mol. The highest BCUT2D eigenvalue weighted by molar-refractivity contribution is 7.89. The van der Waals surface area contributed by atoms with E-state index >= 15 is 0 Å². The topological polar surface area (TPSA) is 70.0 Å². The molecule has 1 saturated carbocycles. The van der Waals surface area contributed by atoms with Gasteiger partial charge >= 0.3 is 0 Å². The van der Waals surface area contributed by atoms with Crippen LogP contribution >= 0.6 is 11.6 Å². The molecule has 3 atom stereocenters. The third-order valence-corrected chi connectivity index (χ3v) is 5.53. The zero-order valence-electron chi connectivity index (χ0n) is 11.9. The van der Waals surface area contributed by atoms with E-state index in [1.165, 1.54) is 0 Å². The molecule has 1 fully saturated rings. The van der Waals surface area contributed by atoms with Crippen molar-refractivity contribution in [3.05, 3.63) is 34.9 Å². The van der Waals surface area contributed by atoms with E-state index in [0.29, 0.717) is 23.3 Å². The minimum absolute atomic E-state index is 0.00818. The van der Waals surface area contributed by atoms with Crippen molar-refractivity contribution >= 4 is 21.6 Å². The molecule has 4 nitrogen and oxygen atoms in total. The Labute approximate surface area is 131 Å². The van der Waals surface area contributed by atoms with Gasteiger partial charge in [0.15, 0.2) is 0 Å². The number of sulfonamides is 1. The zero-order chi connectivity index (χ0) is 15.5. The van der Waals surface area contributed by atoms with E-state index in [1.807, 2.05) is 18.2 Å². The summed E-state index contributed by atoms with van der Waals surface area (Å²) in [6.07, 6.45) is 1.64. The maximum absolute atomic E-state index is 12.1. The van der Waals surface area contributed by atoms with Crippen molar-refractivity contribution in [2.45, 2.75) is 32.2 Å². The van der Waals surface area contributed by atoms with Gasteiger partial charge in [-0.25, -0.2) is 13.1 Å². The first-order chi connectivity index (χ1) is 9.93. The summed E-state index contributed by atoms with van der Waals surface area (Å²) in [5, 5.41) is 9.14. The van der Waals surface area contributed by atoms with Gasteiger partial charge in [0.2, 0.25) is 10.0 Å². The second kappa shape index (κ2) is 6.78. The molecule has 0 saturated heterocycles. The third-order valence-electron chi connectivity index (χ3n) is 3.84. The zero-order valence-corrected chi connectivity index (χ0v) is 13.5. The third kappa shape index (κ3) is 4.70. The van der Waals surface area contributed by atoms with E-state index in [4.69, 9.17) is 16.9 Å². The first-order valence-electron chi connectivity index (χ1n) is 7.05. The van der Waals surface area contributed by atoms with Gasteiger partial charge in [-0.2, -0.15) is 5.26 Å². The van der Waals surface area contributed by atoms with E-state index in [0.717, 1.165) is 12.0 Å². The molecule has 2 rings (SSSR count). The summed E-state index contributed by atoms with van der Waals surface area (Å²) in [4.78, 5) is 0. The summed E-state index contributed by atoms with van der Waals surface area (Å²) in [5.41, 5.74) is 0.942. The van der Waals surface area contributed by atoms with Crippen LogP contribution in [0, 0.1) is 23.2 Å². The van der Waals surface area contributed by atoms with Crippen molar-refractivity contribution in [1.29, 1.82) is 5.26 Å². The molecule has 1 aliphatic rings. The molecule has 0 bridgehead atoms. The SMILES string of the molecule is C[C@@H]1C[C@H]1[C@H](NS(=O)(=O)CCCC#N)c1ccc(Cl)cc1. The standard InChI is InChI=1S/C15H19ClN2O2S/c1-11-10-14(11)15(12-4-6-13(16)7-5-12)18-21(19,20)9-3-2-8-17/h4-7,11,14-15,18H,2-3,9-10H2,1H3/t11-,14-,15-/m1/s1. The van der Waals surface area contributed by atoms with Gasteiger partial charge in [-0.3, -0.25) is 0 Å². The molecule has 0 radical (unpaired) electrons. The molecule has 21 heavy (non-hydrogen) atoms. The number of unbranched alkanes of at least 4 members (excludes halogenated alkanes) is 1. The summed E-state index contributed by atoms with van der Waals surface area (Å²) in [7, 11) is -3.37. The number of nitrogens with one attached hydrogen (secondary N) is 1. The number of nitriles is 1. The van der Waals surface area contributed by atoms with Gasteiger partial charge in [0.25, 0.3) is 0 Å². The highest BCUT2D eigenvalue weighted by Crippen LogP contribution is 2.47. The quantitative estimate of drug-likeness (QED) is 0.782. The van der Waals surface area contributed by atoms with Crippen LogP contribution in [-0.4, -0.2) is 14.2 Å². The molecule has 0 heterocycles. The van der Waals surface area contributed by atoms with Crippen LogP contribution in [0.3, 0.4) is 0 Å². The number of halogens is 1. The van der Waals surface area contributed by atoms with Crippen LogP contribution in [0.4, 0.5) is 0 Å². The molecule has 114 valence electrons. The molecule has 1 aromatic carbocycles. The fourth-order valence-corrected chi connectivity index (χ4v) is 3.95. The van der Waals surface area contributed by atoms with Gasteiger partial charge in [0.05, 0.1) is 11.8 Å². The molecular formula is C15H19ClN2O2S. The number of rotatable bonds is 7. The Morgan fingerprint density at radius 3 is 2.57 bits per heavy atom. The molecule has 1 aliphatic carbocycles. The van der Waals surface area contributed by atoms with Crippen molar-refractivity contribution in [3.63, 3.8) is 0 Å². The van der Waals surface area contributed by atoms with E-state index in [2.05, 4.69) is 11.6 Å². The molecule has 1 aromatic rings. The first-order valence-corrected chi connectivity index (χ1v) is 9.08. The van der Waals surface area contributed by atoms with Gasteiger partial charge in [-0.15, -0.1) is 0 Å². The Hall–Kier alpha value is -1.09. The second-order valence-corrected chi connectivity index (χ2v) is 7.91. The van der Waals surface area contributed by atoms with Crippen molar-refractivity contribution in [3.8, 4) is 6.07 Å². The summed E-state index contributed by atoms with van der Waals surface area (Å²) >= 11 is 5.89. The number of nitrogens with zero attached hydrogens (tertiary/aromatic N) is 1. The largest absolute Gasteiger partial charge is 0.212 e. The fourth-order valence-electron chi connectivity index (χ4n) is 2.48. The smallest absolute Gasteiger partial charge is 0.212 e. The summed E-state index contributed by atoms with van der Waals surface area (Å²) < 4.78 is 27.1. The molecule has 0 unspecified atom stereocenters. The van der Waals surface area contributed by atoms with Gasteiger partial charge < -0.3 is 0 Å². The Kier molecular flexibility index (Phi) is 5.26. The molecule has 0 spiro atoms. The Morgan fingerprint density at radius 2 is 2.05 bits per heavy atom. The average Bonchev–Trinajstić information content (AvgIpc) is 3.14. The van der Waals surface area contributed by atoms with Crippen molar-refractivity contribution in [2.24, 2.45) is 11.8 Å². The lowest BCUT2D eigenvalue weighted by Crippen LogP contribution is -2.32. The summed E-state index contributed by atoms with van der Waals surface area (Å²) in [6.45, 7) is 2.12. The molecule has 0 aliphatic heterocycles. The monoisotopic (exact) mass is 326 g/mol. The molecule has 0 amide bonds. The van der Waals surface area contributed by atoms with Crippen LogP contribution in [0.2, 0.25) is 5.02 Å². The van der Waals surface area contributed by atoms with E-state index in [-0.39, 0.29) is 18.2 Å². The normalized spacial score (nSPS) is 22.5. The van der Waals surface area contributed by atoms with Crippen LogP contribution in [0.25, 0.3) is 0 Å². The number of benzene rings is 1. The van der Waals surface area contributed by atoms with Crippen LogP contribution in [0.5, 0.6) is 0 Å². The van der Waals surface area contributed by atoms with Gasteiger partial charge in [0.1, 0.15) is 0 Å². The maximum Gasteiger partial charge on any atom is 0.212 e. The van der Waals surface area contributed by atoms with E-state index in [1.54, 1.807) is 12.1 Å². The highest BCUT2D eigenvalue weighted by Gasteiger charge is 2.41. The maximum atomic E-state index is 12.1. The van der Waals surface area contributed by atoms with Gasteiger partial charge in [0, 0.05) is 17.5 Å². The molecule has 1 N–H and O–H groups in total. The minimum Gasteiger partial charge on any atom is -0.212 e. The van der Waals surface area contributed by atoms with Gasteiger partial charge in [-0.1, -0.05) is 30.7 Å². The second-order valence-electron chi connectivity index (χ2n) is 5.60. The lowest BCUT2D eigenvalue weighted by atomic mass is 10.0. The Balaban J connectivity index is 2.11. The van der Waals surface area contributed by atoms with E-state index < -0.39 is 10.0 Å². The van der Waals surface area contributed by atoms with Crippen molar-refractivity contribution in [2.75, 3.05) is 5.75 Å². The molecule has 0 aromatic heterocycles. The lowest BCUT2D eigenvalue weighted by Gasteiger charge is -2.19. The number of hydrogen-bond acceptors (Lipinski definition) is 3. The van der Waals surface area contributed by atoms with Crippen LogP contribution < -0.4 is 4.72 Å². The predicted octanol–water partition coefficient (Wildman–Crippen LogP) is 3.26. The Morgan fingerprint density at radius 1 is 1.43 bits per heavy atom. The van der Waals surface area contributed by atoms with Crippen LogP contribution in [-0.2, 0) is 10.0 Å². The van der Waals surface area contributed by atoms with Crippen molar-refractivity contribution < 1.29 is 8.42 Å². The van der Waals surface area contributed by atoms with E-state index in [9.17, 15) is 8.42 Å².